The van der Waals surface area contributed by atoms with Gasteiger partial charge in [0.25, 0.3) is 0 Å². The number of aryl methyl sites for hydroxylation is 1. The van der Waals surface area contributed by atoms with Gasteiger partial charge in [-0.2, -0.15) is 0 Å². The maximum absolute atomic E-state index is 12.1. The van der Waals surface area contributed by atoms with Crippen LogP contribution in [-0.2, 0) is 16.0 Å². The Morgan fingerprint density at radius 1 is 1.12 bits per heavy atom. The summed E-state index contributed by atoms with van der Waals surface area (Å²) in [5.74, 6) is -2.18. The molecule has 24 heavy (non-hydrogen) atoms. The van der Waals surface area contributed by atoms with Crippen molar-refractivity contribution >= 4 is 40.8 Å². The average Bonchev–Trinajstić information content (AvgIpc) is 2.50. The Balaban J connectivity index is 2.02. The number of carboxylic acids is 1. The molecule has 6 heteroatoms. The number of hydrogen-bond donors (Lipinski definition) is 2. The molecule has 2 N–H and O–H groups in total. The Morgan fingerprint density at radius 2 is 1.88 bits per heavy atom. The molecule has 0 radical (unpaired) electrons. The van der Waals surface area contributed by atoms with Crippen LogP contribution in [0.25, 0.3) is 0 Å². The first-order valence-electron chi connectivity index (χ1n) is 7.38. The fourth-order valence-corrected chi connectivity index (χ4v) is 2.68. The molecular formula is C18H17Cl2NO3. The second-order valence-corrected chi connectivity index (χ2v) is 6.42. The lowest BCUT2D eigenvalue weighted by Gasteiger charge is -2.13. The predicted octanol–water partition coefficient (Wildman–Crippen LogP) is 4.57. The molecule has 2 aromatic rings. The van der Waals surface area contributed by atoms with Crippen LogP contribution >= 0.6 is 23.2 Å². The highest BCUT2D eigenvalue weighted by Crippen LogP contribution is 2.25. The normalized spacial score (nSPS) is 11.8. The third-order valence-corrected chi connectivity index (χ3v) is 4.29. The summed E-state index contributed by atoms with van der Waals surface area (Å²) in [4.78, 5) is 23.6. The van der Waals surface area contributed by atoms with Crippen molar-refractivity contribution in [2.45, 2.75) is 19.8 Å². The van der Waals surface area contributed by atoms with Gasteiger partial charge in [0.05, 0.1) is 16.0 Å². The summed E-state index contributed by atoms with van der Waals surface area (Å²) in [6.07, 6.45) is 0.176. The van der Waals surface area contributed by atoms with E-state index in [1.165, 1.54) is 6.07 Å². The largest absolute Gasteiger partial charge is 0.481 e. The van der Waals surface area contributed by atoms with E-state index in [4.69, 9.17) is 23.2 Å². The zero-order valence-corrected chi connectivity index (χ0v) is 14.6. The highest BCUT2D eigenvalue weighted by molar-refractivity contribution is 6.42. The van der Waals surface area contributed by atoms with Gasteiger partial charge in [-0.05, 0) is 37.1 Å². The molecule has 0 aliphatic heterocycles. The van der Waals surface area contributed by atoms with Gasteiger partial charge in [0, 0.05) is 12.1 Å². The van der Waals surface area contributed by atoms with E-state index < -0.39 is 11.9 Å². The molecule has 0 saturated heterocycles. The zero-order valence-electron chi connectivity index (χ0n) is 13.1. The van der Waals surface area contributed by atoms with E-state index in [1.54, 1.807) is 12.1 Å². The Labute approximate surface area is 150 Å². The minimum Gasteiger partial charge on any atom is -0.481 e. The smallest absolute Gasteiger partial charge is 0.307 e. The number of halogens is 2. The number of rotatable bonds is 6. The van der Waals surface area contributed by atoms with Crippen LogP contribution in [0.3, 0.4) is 0 Å². The SMILES string of the molecule is Cc1cccc(CC(CC(=O)Nc2ccc(Cl)c(Cl)c2)C(=O)O)c1. The summed E-state index contributed by atoms with van der Waals surface area (Å²) >= 11 is 11.7. The lowest BCUT2D eigenvalue weighted by molar-refractivity contribution is -0.143. The number of carboxylic acid groups (broad SMARTS) is 1. The number of carbonyl (C=O) groups excluding carboxylic acids is 1. The van der Waals surface area contributed by atoms with Crippen molar-refractivity contribution in [3.05, 3.63) is 63.6 Å². The molecule has 1 atom stereocenters. The topological polar surface area (TPSA) is 66.4 Å². The molecule has 0 bridgehead atoms. The van der Waals surface area contributed by atoms with Crippen LogP contribution in [0.1, 0.15) is 17.5 Å². The van der Waals surface area contributed by atoms with Gasteiger partial charge in [-0.25, -0.2) is 0 Å². The number of anilines is 1. The van der Waals surface area contributed by atoms with Gasteiger partial charge in [-0.3, -0.25) is 9.59 Å². The summed E-state index contributed by atoms with van der Waals surface area (Å²) in [6.45, 7) is 1.94. The van der Waals surface area contributed by atoms with Gasteiger partial charge in [0.2, 0.25) is 5.91 Å². The number of nitrogens with one attached hydrogen (secondary N) is 1. The molecule has 0 spiro atoms. The number of aliphatic carboxylic acids is 1. The zero-order chi connectivity index (χ0) is 17.7. The van der Waals surface area contributed by atoms with Gasteiger partial charge in [0.15, 0.2) is 0 Å². The van der Waals surface area contributed by atoms with Crippen LogP contribution < -0.4 is 5.32 Å². The van der Waals surface area contributed by atoms with Crippen molar-refractivity contribution in [1.29, 1.82) is 0 Å². The Hall–Kier alpha value is -2.04. The quantitative estimate of drug-likeness (QED) is 0.787. The third kappa shape index (κ3) is 5.25. The lowest BCUT2D eigenvalue weighted by atomic mass is 9.95. The van der Waals surface area contributed by atoms with Crippen molar-refractivity contribution in [2.24, 2.45) is 5.92 Å². The van der Waals surface area contributed by atoms with Crippen molar-refractivity contribution in [1.82, 2.24) is 0 Å². The summed E-state index contributed by atoms with van der Waals surface area (Å²) in [5, 5.41) is 12.7. The molecule has 0 aromatic heterocycles. The van der Waals surface area contributed by atoms with Crippen molar-refractivity contribution in [3.63, 3.8) is 0 Å². The van der Waals surface area contributed by atoms with Gasteiger partial charge in [-0.1, -0.05) is 53.0 Å². The fourth-order valence-electron chi connectivity index (χ4n) is 2.38. The first-order chi connectivity index (χ1) is 11.3. The van der Waals surface area contributed by atoms with E-state index in [2.05, 4.69) is 5.32 Å². The second-order valence-electron chi connectivity index (χ2n) is 5.61. The average molecular weight is 366 g/mol. The molecule has 0 fully saturated rings. The number of carbonyl (C=O) groups is 2. The standard InChI is InChI=1S/C18H17Cl2NO3/c1-11-3-2-4-12(7-11)8-13(18(23)24)9-17(22)21-14-5-6-15(19)16(20)10-14/h2-7,10,13H,8-9H2,1H3,(H,21,22)(H,23,24). The van der Waals surface area contributed by atoms with Crippen LogP contribution in [0.4, 0.5) is 5.69 Å². The summed E-state index contributed by atoms with van der Waals surface area (Å²) in [7, 11) is 0. The highest BCUT2D eigenvalue weighted by atomic mass is 35.5. The number of benzene rings is 2. The molecule has 126 valence electrons. The minimum atomic E-state index is -0.999. The molecule has 0 heterocycles. The predicted molar refractivity (Wildman–Crippen MR) is 95.7 cm³/mol. The number of amides is 1. The van der Waals surface area contributed by atoms with Crippen LogP contribution in [0, 0.1) is 12.8 Å². The maximum atomic E-state index is 12.1. The molecule has 4 nitrogen and oxygen atoms in total. The first kappa shape index (κ1) is 18.3. The van der Waals surface area contributed by atoms with Crippen molar-refractivity contribution in [2.75, 3.05) is 5.32 Å². The van der Waals surface area contributed by atoms with E-state index in [0.717, 1.165) is 11.1 Å². The van der Waals surface area contributed by atoms with Crippen molar-refractivity contribution in [3.8, 4) is 0 Å². The second kappa shape index (κ2) is 8.18. The van der Waals surface area contributed by atoms with Gasteiger partial charge in [-0.15, -0.1) is 0 Å². The Bertz CT molecular complexity index is 762. The fraction of sp³-hybridized carbons (Fsp3) is 0.222. The van der Waals surface area contributed by atoms with Crippen LogP contribution in [0.15, 0.2) is 42.5 Å². The summed E-state index contributed by atoms with van der Waals surface area (Å²) in [6, 6.07) is 12.3. The number of hydrogen-bond acceptors (Lipinski definition) is 2. The van der Waals surface area contributed by atoms with E-state index in [9.17, 15) is 14.7 Å². The molecule has 2 aromatic carbocycles. The molecule has 0 aliphatic rings. The van der Waals surface area contributed by atoms with Crippen molar-refractivity contribution < 1.29 is 14.7 Å². The van der Waals surface area contributed by atoms with E-state index in [-0.39, 0.29) is 12.3 Å². The van der Waals surface area contributed by atoms with Gasteiger partial charge < -0.3 is 10.4 Å². The Morgan fingerprint density at radius 3 is 2.50 bits per heavy atom. The van der Waals surface area contributed by atoms with E-state index >= 15 is 0 Å². The minimum absolute atomic E-state index is 0.122. The van der Waals surface area contributed by atoms with Gasteiger partial charge >= 0.3 is 5.97 Å². The Kier molecular flexibility index (Phi) is 6.23. The maximum Gasteiger partial charge on any atom is 0.307 e. The third-order valence-electron chi connectivity index (χ3n) is 3.55. The summed E-state index contributed by atoms with van der Waals surface area (Å²) < 4.78 is 0. The molecule has 1 unspecified atom stereocenters. The molecular weight excluding hydrogens is 349 g/mol. The monoisotopic (exact) mass is 365 g/mol. The summed E-state index contributed by atoms with van der Waals surface area (Å²) in [5.41, 5.74) is 2.43. The van der Waals surface area contributed by atoms with Crippen LogP contribution in [0.5, 0.6) is 0 Å². The molecule has 0 saturated carbocycles. The molecule has 1 amide bonds. The van der Waals surface area contributed by atoms with Crippen LogP contribution in [0.2, 0.25) is 10.0 Å². The molecule has 0 aliphatic carbocycles. The van der Waals surface area contributed by atoms with Gasteiger partial charge in [0.1, 0.15) is 0 Å². The van der Waals surface area contributed by atoms with E-state index in [1.807, 2.05) is 31.2 Å². The lowest BCUT2D eigenvalue weighted by Crippen LogP contribution is -2.24. The van der Waals surface area contributed by atoms with E-state index in [0.29, 0.717) is 22.2 Å². The molecule has 2 rings (SSSR count). The first-order valence-corrected chi connectivity index (χ1v) is 8.14. The van der Waals surface area contributed by atoms with Crippen LogP contribution in [-0.4, -0.2) is 17.0 Å². The highest BCUT2D eigenvalue weighted by Gasteiger charge is 2.22.